The first-order valence-electron chi connectivity index (χ1n) is 5.29. The molecule has 0 N–H and O–H groups in total. The molecule has 1 rings (SSSR count). The van der Waals surface area contributed by atoms with Gasteiger partial charge in [0.2, 0.25) is 0 Å². The maximum absolute atomic E-state index is 11.5. The van der Waals surface area contributed by atoms with Crippen LogP contribution in [-0.2, 0) is 4.79 Å². The van der Waals surface area contributed by atoms with Crippen molar-refractivity contribution < 1.29 is 9.53 Å². The van der Waals surface area contributed by atoms with Gasteiger partial charge in [-0.05, 0) is 56.9 Å². The third-order valence-electron chi connectivity index (χ3n) is 2.84. The van der Waals surface area contributed by atoms with Crippen molar-refractivity contribution in [1.29, 1.82) is 0 Å². The van der Waals surface area contributed by atoms with Gasteiger partial charge < -0.3 is 4.74 Å². The quantitative estimate of drug-likeness (QED) is 0.432. The first-order valence-corrected chi connectivity index (χ1v) is 5.29. The van der Waals surface area contributed by atoms with E-state index in [4.69, 9.17) is 4.74 Å². The van der Waals surface area contributed by atoms with E-state index in [9.17, 15) is 4.79 Å². The third kappa shape index (κ3) is 2.32. The monoisotopic (exact) mass is 218 g/mol. The molecule has 0 aliphatic heterocycles. The van der Waals surface area contributed by atoms with E-state index in [-0.39, 0.29) is 5.97 Å². The standard InChI is InChI=1S/C14H18O2/c1-8(2)14(15)16-13-11(5)9(3)7-10(4)12(13)6/h7H,1H2,2-6H3. The second-order valence-corrected chi connectivity index (χ2v) is 4.26. The number of rotatable bonds is 2. The number of hydrogen-bond donors (Lipinski definition) is 0. The van der Waals surface area contributed by atoms with Crippen LogP contribution < -0.4 is 4.74 Å². The van der Waals surface area contributed by atoms with E-state index in [1.165, 1.54) is 0 Å². The van der Waals surface area contributed by atoms with Gasteiger partial charge in [0.1, 0.15) is 5.75 Å². The van der Waals surface area contributed by atoms with E-state index in [1.54, 1.807) is 6.92 Å². The Balaban J connectivity index is 3.22. The van der Waals surface area contributed by atoms with Crippen molar-refractivity contribution in [3.05, 3.63) is 40.5 Å². The lowest BCUT2D eigenvalue weighted by Crippen LogP contribution is -2.11. The van der Waals surface area contributed by atoms with Gasteiger partial charge in [-0.2, -0.15) is 0 Å². The summed E-state index contributed by atoms with van der Waals surface area (Å²) in [5.41, 5.74) is 4.70. The van der Waals surface area contributed by atoms with Crippen LogP contribution in [0.25, 0.3) is 0 Å². The topological polar surface area (TPSA) is 26.3 Å². The van der Waals surface area contributed by atoms with Crippen molar-refractivity contribution in [2.75, 3.05) is 0 Å². The number of ether oxygens (including phenoxy) is 1. The molecule has 0 amide bonds. The molecule has 0 radical (unpaired) electrons. The average Bonchev–Trinajstić information content (AvgIpc) is 2.21. The lowest BCUT2D eigenvalue weighted by molar-refractivity contribution is -0.130. The van der Waals surface area contributed by atoms with Gasteiger partial charge >= 0.3 is 5.97 Å². The van der Waals surface area contributed by atoms with E-state index in [2.05, 4.69) is 12.6 Å². The predicted octanol–water partition coefficient (Wildman–Crippen LogP) is 3.40. The highest BCUT2D eigenvalue weighted by Crippen LogP contribution is 2.29. The van der Waals surface area contributed by atoms with Crippen LogP contribution in [0.1, 0.15) is 29.2 Å². The molecule has 16 heavy (non-hydrogen) atoms. The summed E-state index contributed by atoms with van der Waals surface area (Å²) in [5.74, 6) is 0.307. The van der Waals surface area contributed by atoms with Crippen LogP contribution in [0, 0.1) is 27.7 Å². The molecule has 0 heterocycles. The number of benzene rings is 1. The van der Waals surface area contributed by atoms with E-state index >= 15 is 0 Å². The second kappa shape index (κ2) is 4.52. The normalized spacial score (nSPS) is 10.1. The second-order valence-electron chi connectivity index (χ2n) is 4.26. The van der Waals surface area contributed by atoms with Gasteiger partial charge in [0.25, 0.3) is 0 Å². The van der Waals surface area contributed by atoms with Crippen LogP contribution in [-0.4, -0.2) is 5.97 Å². The Labute approximate surface area is 96.9 Å². The highest BCUT2D eigenvalue weighted by atomic mass is 16.5. The fourth-order valence-electron chi connectivity index (χ4n) is 1.51. The van der Waals surface area contributed by atoms with Crippen molar-refractivity contribution in [1.82, 2.24) is 0 Å². The molecule has 0 unspecified atom stereocenters. The van der Waals surface area contributed by atoms with E-state index in [1.807, 2.05) is 27.7 Å². The molecule has 1 aromatic rings. The molecule has 0 spiro atoms. The Kier molecular flexibility index (Phi) is 3.53. The van der Waals surface area contributed by atoms with Gasteiger partial charge in [-0.25, -0.2) is 4.79 Å². The molecule has 86 valence electrons. The lowest BCUT2D eigenvalue weighted by atomic mass is 10.00. The van der Waals surface area contributed by atoms with Crippen LogP contribution >= 0.6 is 0 Å². The van der Waals surface area contributed by atoms with E-state index in [0.29, 0.717) is 11.3 Å². The zero-order valence-electron chi connectivity index (χ0n) is 10.6. The van der Waals surface area contributed by atoms with E-state index in [0.717, 1.165) is 22.3 Å². The minimum Gasteiger partial charge on any atom is -0.423 e. The van der Waals surface area contributed by atoms with Crippen molar-refractivity contribution in [2.24, 2.45) is 0 Å². The summed E-state index contributed by atoms with van der Waals surface area (Å²) in [6, 6.07) is 2.10. The summed E-state index contributed by atoms with van der Waals surface area (Å²) in [7, 11) is 0. The third-order valence-corrected chi connectivity index (χ3v) is 2.84. The minimum atomic E-state index is -0.365. The highest BCUT2D eigenvalue weighted by Gasteiger charge is 2.13. The lowest BCUT2D eigenvalue weighted by Gasteiger charge is -2.14. The SMILES string of the molecule is C=C(C)C(=O)Oc1c(C)c(C)cc(C)c1C. The van der Waals surface area contributed by atoms with Crippen molar-refractivity contribution in [2.45, 2.75) is 34.6 Å². The Bertz CT molecular complexity index is 430. The Morgan fingerprint density at radius 3 is 1.94 bits per heavy atom. The fraction of sp³-hybridized carbons (Fsp3) is 0.357. The number of carbonyl (C=O) groups excluding carboxylic acids is 1. The van der Waals surface area contributed by atoms with Crippen molar-refractivity contribution in [3.63, 3.8) is 0 Å². The maximum Gasteiger partial charge on any atom is 0.338 e. The molecule has 0 bridgehead atoms. The molecule has 0 aliphatic carbocycles. The van der Waals surface area contributed by atoms with Crippen molar-refractivity contribution in [3.8, 4) is 5.75 Å². The Morgan fingerprint density at radius 2 is 1.56 bits per heavy atom. The van der Waals surface area contributed by atoms with Crippen LogP contribution in [0.4, 0.5) is 0 Å². The summed E-state index contributed by atoms with van der Waals surface area (Å²) in [4.78, 5) is 11.5. The maximum atomic E-state index is 11.5. The highest BCUT2D eigenvalue weighted by molar-refractivity contribution is 5.89. The molecular weight excluding hydrogens is 200 g/mol. The Morgan fingerprint density at radius 1 is 1.12 bits per heavy atom. The largest absolute Gasteiger partial charge is 0.423 e. The van der Waals surface area contributed by atoms with E-state index < -0.39 is 0 Å². The van der Waals surface area contributed by atoms with Crippen LogP contribution in [0.5, 0.6) is 5.75 Å². The average molecular weight is 218 g/mol. The number of esters is 1. The first-order chi connectivity index (χ1) is 7.34. The molecule has 0 fully saturated rings. The summed E-state index contributed by atoms with van der Waals surface area (Å²) < 4.78 is 5.36. The van der Waals surface area contributed by atoms with Gasteiger partial charge in [-0.15, -0.1) is 0 Å². The van der Waals surface area contributed by atoms with Crippen molar-refractivity contribution >= 4 is 5.97 Å². The zero-order valence-corrected chi connectivity index (χ0v) is 10.6. The smallest absolute Gasteiger partial charge is 0.338 e. The zero-order chi connectivity index (χ0) is 12.5. The summed E-state index contributed by atoms with van der Waals surface area (Å²) in [6.07, 6.45) is 0. The van der Waals surface area contributed by atoms with Gasteiger partial charge in [-0.1, -0.05) is 12.6 Å². The predicted molar refractivity (Wildman–Crippen MR) is 65.8 cm³/mol. The van der Waals surface area contributed by atoms with Gasteiger partial charge in [-0.3, -0.25) is 0 Å². The summed E-state index contributed by atoms with van der Waals surface area (Å²) in [6.45, 7) is 13.2. The fourth-order valence-corrected chi connectivity index (χ4v) is 1.51. The molecule has 1 aromatic carbocycles. The van der Waals surface area contributed by atoms with Gasteiger partial charge in [0.15, 0.2) is 0 Å². The molecule has 0 aromatic heterocycles. The molecule has 2 heteroatoms. The summed E-state index contributed by atoms with van der Waals surface area (Å²) in [5, 5.41) is 0. The molecule has 0 atom stereocenters. The molecule has 0 saturated carbocycles. The summed E-state index contributed by atoms with van der Waals surface area (Å²) >= 11 is 0. The molecule has 0 saturated heterocycles. The van der Waals surface area contributed by atoms with Gasteiger partial charge in [0, 0.05) is 5.57 Å². The molecular formula is C14H18O2. The first kappa shape index (κ1) is 12.5. The Hall–Kier alpha value is -1.57. The molecule has 2 nitrogen and oxygen atoms in total. The van der Waals surface area contributed by atoms with Crippen LogP contribution in [0.2, 0.25) is 0 Å². The van der Waals surface area contributed by atoms with Crippen LogP contribution in [0.15, 0.2) is 18.2 Å². The molecule has 0 aliphatic rings. The minimum absolute atomic E-state index is 0.365. The number of aryl methyl sites for hydroxylation is 2. The van der Waals surface area contributed by atoms with Crippen LogP contribution in [0.3, 0.4) is 0 Å². The van der Waals surface area contributed by atoms with Gasteiger partial charge in [0.05, 0.1) is 0 Å². The number of hydrogen-bond acceptors (Lipinski definition) is 2. The number of carbonyl (C=O) groups is 1.